The van der Waals surface area contributed by atoms with E-state index in [1.807, 2.05) is 0 Å². The summed E-state index contributed by atoms with van der Waals surface area (Å²) in [5, 5.41) is 3.68. The van der Waals surface area contributed by atoms with E-state index in [4.69, 9.17) is 0 Å². The Bertz CT molecular complexity index is 661. The number of benzene rings is 1. The molecule has 1 aliphatic heterocycles. The van der Waals surface area contributed by atoms with Crippen molar-refractivity contribution < 1.29 is 31.2 Å². The molecule has 1 heterocycles. The molecular formula is C13H14F3N2O4S. The average Bonchev–Trinajstić information content (AvgIpc) is 2.47. The van der Waals surface area contributed by atoms with Gasteiger partial charge in [0.15, 0.2) is 7.11 Å². The zero-order chi connectivity index (χ0) is 17.1. The third kappa shape index (κ3) is 4.58. The zero-order valence-electron chi connectivity index (χ0n) is 11.9. The lowest BCUT2D eigenvalue weighted by Crippen LogP contribution is -2.38. The summed E-state index contributed by atoms with van der Waals surface area (Å²) in [6, 6.07) is 4.10. The van der Waals surface area contributed by atoms with Crippen LogP contribution in [0.2, 0.25) is 0 Å². The molecular weight excluding hydrogens is 337 g/mol. The summed E-state index contributed by atoms with van der Waals surface area (Å²) in [6.07, 6.45) is -4.01. The van der Waals surface area contributed by atoms with Crippen LogP contribution in [0, 0.1) is 7.11 Å². The van der Waals surface area contributed by atoms with Crippen LogP contribution >= 0.6 is 0 Å². The summed E-state index contributed by atoms with van der Waals surface area (Å²) in [5.41, 5.74) is 0.709. The highest BCUT2D eigenvalue weighted by molar-refractivity contribution is 7.89. The Kier molecular flexibility index (Phi) is 5.15. The van der Waals surface area contributed by atoms with Crippen molar-refractivity contribution in [1.82, 2.24) is 4.31 Å². The van der Waals surface area contributed by atoms with E-state index in [0.717, 1.165) is 24.3 Å². The minimum atomic E-state index is -4.82. The maximum atomic E-state index is 12.4. The minimum absolute atomic E-state index is 0.0965. The molecule has 1 fully saturated rings. The van der Waals surface area contributed by atoms with Gasteiger partial charge in [-0.25, -0.2) is 8.42 Å². The van der Waals surface area contributed by atoms with Gasteiger partial charge in [-0.15, -0.1) is 13.2 Å². The lowest BCUT2D eigenvalue weighted by molar-refractivity contribution is -0.274. The molecule has 1 aromatic rings. The van der Waals surface area contributed by atoms with Crippen LogP contribution in [0.5, 0.6) is 5.75 Å². The number of alkyl halides is 3. The number of sulfonamides is 1. The highest BCUT2D eigenvalue weighted by Crippen LogP contribution is 2.26. The largest absolute Gasteiger partial charge is 0.573 e. The molecule has 0 spiro atoms. The second-order valence-electron chi connectivity index (χ2n) is 4.71. The molecule has 0 atom stereocenters. The molecule has 1 radical (unpaired) electrons. The molecule has 2 rings (SSSR count). The Labute approximate surface area is 131 Å². The summed E-state index contributed by atoms with van der Waals surface area (Å²) in [7, 11) is -0.658. The normalized spacial score (nSPS) is 17.0. The highest BCUT2D eigenvalue weighted by atomic mass is 32.2. The SMILES string of the molecule is [CH2]ON=C1CCN(S(=O)(=O)c2ccc(OC(F)(F)F)cc2)CC1. The van der Waals surface area contributed by atoms with E-state index >= 15 is 0 Å². The molecule has 0 unspecified atom stereocenters. The van der Waals surface area contributed by atoms with Crippen LogP contribution in [-0.2, 0) is 14.9 Å². The van der Waals surface area contributed by atoms with Crippen LogP contribution in [0.15, 0.2) is 34.3 Å². The molecule has 10 heteroatoms. The number of rotatable bonds is 4. The minimum Gasteiger partial charge on any atom is -0.406 e. The van der Waals surface area contributed by atoms with Crippen molar-refractivity contribution >= 4 is 15.7 Å². The van der Waals surface area contributed by atoms with Gasteiger partial charge in [-0.3, -0.25) is 0 Å². The average molecular weight is 351 g/mol. The van der Waals surface area contributed by atoms with Gasteiger partial charge in [0.25, 0.3) is 0 Å². The summed E-state index contributed by atoms with van der Waals surface area (Å²) >= 11 is 0. The molecule has 1 saturated heterocycles. The van der Waals surface area contributed by atoms with E-state index in [1.54, 1.807) is 0 Å². The third-order valence-electron chi connectivity index (χ3n) is 3.19. The summed E-state index contributed by atoms with van der Waals surface area (Å²) in [4.78, 5) is 4.31. The smallest absolute Gasteiger partial charge is 0.406 e. The fraction of sp³-hybridized carbons (Fsp3) is 0.385. The lowest BCUT2D eigenvalue weighted by atomic mass is 10.1. The van der Waals surface area contributed by atoms with Crippen LogP contribution in [0.3, 0.4) is 0 Å². The Hall–Kier alpha value is -1.81. The Balaban J connectivity index is 2.10. The molecule has 0 saturated carbocycles. The number of ether oxygens (including phenoxy) is 1. The molecule has 0 bridgehead atoms. The second kappa shape index (κ2) is 6.75. The molecule has 0 N–H and O–H groups in total. The van der Waals surface area contributed by atoms with Crippen LogP contribution in [0.1, 0.15) is 12.8 Å². The zero-order valence-corrected chi connectivity index (χ0v) is 12.7. The van der Waals surface area contributed by atoms with E-state index in [2.05, 4.69) is 21.8 Å². The van der Waals surface area contributed by atoms with Gasteiger partial charge in [-0.1, -0.05) is 5.16 Å². The predicted molar refractivity (Wildman–Crippen MR) is 75.0 cm³/mol. The van der Waals surface area contributed by atoms with E-state index in [-0.39, 0.29) is 18.0 Å². The van der Waals surface area contributed by atoms with E-state index in [1.165, 1.54) is 4.31 Å². The van der Waals surface area contributed by atoms with Gasteiger partial charge in [0.2, 0.25) is 10.0 Å². The Morgan fingerprint density at radius 2 is 1.70 bits per heavy atom. The van der Waals surface area contributed by atoms with Gasteiger partial charge < -0.3 is 9.57 Å². The topological polar surface area (TPSA) is 68.2 Å². The molecule has 23 heavy (non-hydrogen) atoms. The number of piperidine rings is 1. The summed E-state index contributed by atoms with van der Waals surface area (Å²) in [6.45, 7) is 0.427. The molecule has 1 aromatic carbocycles. The summed E-state index contributed by atoms with van der Waals surface area (Å²) in [5.74, 6) is -0.475. The molecule has 6 nitrogen and oxygen atoms in total. The van der Waals surface area contributed by atoms with Crippen LogP contribution in [-0.4, -0.2) is 37.9 Å². The van der Waals surface area contributed by atoms with Crippen molar-refractivity contribution in [2.24, 2.45) is 5.16 Å². The van der Waals surface area contributed by atoms with Crippen LogP contribution in [0.25, 0.3) is 0 Å². The quantitative estimate of drug-likeness (QED) is 0.782. The number of halogens is 3. The van der Waals surface area contributed by atoms with Gasteiger partial charge >= 0.3 is 6.36 Å². The molecule has 0 aromatic heterocycles. The van der Waals surface area contributed by atoms with Crippen molar-refractivity contribution in [3.63, 3.8) is 0 Å². The molecule has 0 aliphatic carbocycles. The van der Waals surface area contributed by atoms with Gasteiger partial charge in [0.05, 0.1) is 10.6 Å². The van der Waals surface area contributed by atoms with E-state index in [0.29, 0.717) is 18.6 Å². The molecule has 0 amide bonds. The van der Waals surface area contributed by atoms with Gasteiger partial charge in [-0.05, 0) is 24.3 Å². The van der Waals surface area contributed by atoms with Gasteiger partial charge in [0, 0.05) is 25.9 Å². The first kappa shape index (κ1) is 17.5. The number of hydrogen-bond acceptors (Lipinski definition) is 5. The van der Waals surface area contributed by atoms with Gasteiger partial charge in [-0.2, -0.15) is 4.31 Å². The standard InChI is InChI=1S/C13H14F3N2O4S/c1-21-17-10-6-8-18(9-7-10)23(19,20)12-4-2-11(3-5-12)22-13(14,15)16/h2-5H,1,6-9H2. The fourth-order valence-electron chi connectivity index (χ4n) is 2.13. The molecule has 127 valence electrons. The number of oxime groups is 1. The first-order valence-electron chi connectivity index (χ1n) is 6.55. The third-order valence-corrected chi connectivity index (χ3v) is 5.10. The maximum absolute atomic E-state index is 12.4. The van der Waals surface area contributed by atoms with E-state index in [9.17, 15) is 21.6 Å². The Morgan fingerprint density at radius 1 is 1.13 bits per heavy atom. The van der Waals surface area contributed by atoms with E-state index < -0.39 is 22.1 Å². The van der Waals surface area contributed by atoms with Crippen molar-refractivity contribution in [2.45, 2.75) is 24.1 Å². The van der Waals surface area contributed by atoms with Crippen molar-refractivity contribution in [3.8, 4) is 5.75 Å². The van der Waals surface area contributed by atoms with Crippen molar-refractivity contribution in [2.75, 3.05) is 13.1 Å². The lowest BCUT2D eigenvalue weighted by Gasteiger charge is -2.26. The van der Waals surface area contributed by atoms with Crippen LogP contribution < -0.4 is 4.74 Å². The Morgan fingerprint density at radius 3 is 2.17 bits per heavy atom. The van der Waals surface area contributed by atoms with Gasteiger partial charge in [0.1, 0.15) is 5.75 Å². The van der Waals surface area contributed by atoms with Crippen molar-refractivity contribution in [1.29, 1.82) is 0 Å². The second-order valence-corrected chi connectivity index (χ2v) is 6.65. The van der Waals surface area contributed by atoms with Crippen molar-refractivity contribution in [3.05, 3.63) is 31.4 Å². The first-order valence-corrected chi connectivity index (χ1v) is 7.99. The first-order chi connectivity index (χ1) is 10.7. The number of nitrogens with zero attached hydrogens (tertiary/aromatic N) is 2. The predicted octanol–water partition coefficient (Wildman–Crippen LogP) is 2.53. The monoisotopic (exact) mass is 351 g/mol. The van der Waals surface area contributed by atoms with Crippen LogP contribution in [0.4, 0.5) is 13.2 Å². The fourth-order valence-corrected chi connectivity index (χ4v) is 3.57. The number of hydrogen-bond donors (Lipinski definition) is 0. The highest BCUT2D eigenvalue weighted by Gasteiger charge is 2.32. The maximum Gasteiger partial charge on any atom is 0.573 e. The molecule has 1 aliphatic rings. The summed E-state index contributed by atoms with van der Waals surface area (Å²) < 4.78 is 66.1.